The van der Waals surface area contributed by atoms with E-state index >= 15 is 0 Å². The second kappa shape index (κ2) is 6.95. The predicted molar refractivity (Wildman–Crippen MR) is 68.4 cm³/mol. The van der Waals surface area contributed by atoms with Gasteiger partial charge in [0.2, 0.25) is 0 Å². The van der Waals surface area contributed by atoms with Crippen LogP contribution in [0, 0.1) is 0 Å². The lowest BCUT2D eigenvalue weighted by atomic mass is 10.2. The predicted octanol–water partition coefficient (Wildman–Crippen LogP) is 1.13. The summed E-state index contributed by atoms with van der Waals surface area (Å²) >= 11 is 6.98. The minimum Gasteiger partial charge on any atom is -0.481 e. The van der Waals surface area contributed by atoms with E-state index < -0.39 is 30.4 Å². The van der Waals surface area contributed by atoms with Crippen LogP contribution in [0.3, 0.4) is 0 Å². The van der Waals surface area contributed by atoms with Gasteiger partial charge < -0.3 is 20.8 Å². The van der Waals surface area contributed by atoms with E-state index in [1.807, 2.05) is 0 Å². The van der Waals surface area contributed by atoms with E-state index in [9.17, 15) is 14.4 Å². The molecule has 0 radical (unpaired) electrons. The van der Waals surface area contributed by atoms with Crippen molar-refractivity contribution in [2.75, 3.05) is 0 Å². The smallest absolute Gasteiger partial charge is 0.326 e. The number of hydrogen-bond acceptors (Lipinski definition) is 4. The molecule has 1 aromatic heterocycles. The third kappa shape index (κ3) is 5.58. The summed E-state index contributed by atoms with van der Waals surface area (Å²) in [7, 11) is 0. The number of urea groups is 1. The van der Waals surface area contributed by atoms with Crippen LogP contribution in [-0.4, -0.2) is 34.2 Å². The Morgan fingerprint density at radius 1 is 1.32 bits per heavy atom. The lowest BCUT2D eigenvalue weighted by Gasteiger charge is -2.12. The first-order chi connectivity index (χ1) is 8.88. The zero-order valence-corrected chi connectivity index (χ0v) is 11.1. The summed E-state index contributed by atoms with van der Waals surface area (Å²) in [4.78, 5) is 33.4. The Morgan fingerprint density at radius 3 is 2.47 bits per heavy atom. The molecule has 0 fully saturated rings. The second-order valence-corrected chi connectivity index (χ2v) is 5.32. The van der Waals surface area contributed by atoms with Gasteiger partial charge in [0.15, 0.2) is 0 Å². The van der Waals surface area contributed by atoms with Gasteiger partial charge in [0.1, 0.15) is 6.04 Å². The first-order valence-electron chi connectivity index (χ1n) is 5.11. The molecule has 2 amide bonds. The first kappa shape index (κ1) is 15.3. The van der Waals surface area contributed by atoms with Crippen LogP contribution >= 0.6 is 22.9 Å². The zero-order valence-electron chi connectivity index (χ0n) is 9.55. The van der Waals surface area contributed by atoms with Gasteiger partial charge in [0.25, 0.3) is 0 Å². The molecule has 0 unspecified atom stereocenters. The summed E-state index contributed by atoms with van der Waals surface area (Å²) in [5, 5.41) is 21.7. The van der Waals surface area contributed by atoms with E-state index in [-0.39, 0.29) is 6.54 Å². The van der Waals surface area contributed by atoms with Crippen molar-refractivity contribution in [1.29, 1.82) is 0 Å². The molecule has 1 rings (SSSR count). The molecule has 4 N–H and O–H groups in total. The third-order valence-corrected chi connectivity index (χ3v) is 3.27. The quantitative estimate of drug-likeness (QED) is 0.629. The number of carboxylic acids is 2. The number of carbonyl (C=O) groups is 3. The largest absolute Gasteiger partial charge is 0.481 e. The molecule has 0 saturated heterocycles. The van der Waals surface area contributed by atoms with Crippen molar-refractivity contribution in [3.05, 3.63) is 21.3 Å². The molecule has 0 aliphatic rings. The van der Waals surface area contributed by atoms with Gasteiger partial charge in [-0.2, -0.15) is 0 Å². The Labute approximate surface area is 117 Å². The maximum absolute atomic E-state index is 11.4. The number of carboxylic acid groups (broad SMARTS) is 2. The molecule has 0 bridgehead atoms. The Balaban J connectivity index is 2.44. The number of aliphatic carboxylic acids is 2. The normalized spacial score (nSPS) is 11.6. The molecular formula is C10H11ClN2O5S. The summed E-state index contributed by atoms with van der Waals surface area (Å²) in [5.41, 5.74) is 0. The fraction of sp³-hybridized carbons (Fsp3) is 0.300. The average molecular weight is 307 g/mol. The van der Waals surface area contributed by atoms with Crippen LogP contribution in [0.1, 0.15) is 11.3 Å². The SMILES string of the molecule is O=C(O)C[C@@H](NC(=O)NCc1ccc(Cl)s1)C(=O)O. The molecule has 0 aliphatic carbocycles. The molecule has 1 heterocycles. The van der Waals surface area contributed by atoms with E-state index in [0.29, 0.717) is 4.34 Å². The van der Waals surface area contributed by atoms with Crippen molar-refractivity contribution < 1.29 is 24.6 Å². The van der Waals surface area contributed by atoms with Crippen LogP contribution in [0.5, 0.6) is 0 Å². The van der Waals surface area contributed by atoms with Crippen LogP contribution in [0.2, 0.25) is 4.34 Å². The number of thiophene rings is 1. The first-order valence-corrected chi connectivity index (χ1v) is 6.31. The van der Waals surface area contributed by atoms with Crippen molar-refractivity contribution in [1.82, 2.24) is 10.6 Å². The molecule has 0 aromatic carbocycles. The van der Waals surface area contributed by atoms with E-state index in [4.69, 9.17) is 21.8 Å². The molecule has 1 aromatic rings. The molecule has 19 heavy (non-hydrogen) atoms. The van der Waals surface area contributed by atoms with Gasteiger partial charge in [-0.3, -0.25) is 4.79 Å². The summed E-state index contributed by atoms with van der Waals surface area (Å²) in [6.45, 7) is 0.183. The molecule has 0 aliphatic heterocycles. The summed E-state index contributed by atoms with van der Waals surface area (Å²) < 4.78 is 0.575. The summed E-state index contributed by atoms with van der Waals surface area (Å²) in [5.74, 6) is -2.71. The zero-order chi connectivity index (χ0) is 14.4. The van der Waals surface area contributed by atoms with Crippen molar-refractivity contribution in [3.8, 4) is 0 Å². The minimum atomic E-state index is -1.47. The molecule has 7 nitrogen and oxygen atoms in total. The van der Waals surface area contributed by atoms with Crippen LogP contribution in [-0.2, 0) is 16.1 Å². The van der Waals surface area contributed by atoms with E-state index in [0.717, 1.165) is 4.88 Å². The molecular weight excluding hydrogens is 296 g/mol. The average Bonchev–Trinajstić information content (AvgIpc) is 2.71. The van der Waals surface area contributed by atoms with Gasteiger partial charge in [-0.05, 0) is 12.1 Å². The highest BCUT2D eigenvalue weighted by atomic mass is 35.5. The standard InChI is InChI=1S/C10H11ClN2O5S/c11-7-2-1-5(19-7)4-12-10(18)13-6(9(16)17)3-8(14)15/h1-2,6H,3-4H2,(H,14,15)(H,16,17)(H2,12,13,18)/t6-/m1/s1. The minimum absolute atomic E-state index is 0.183. The molecule has 9 heteroatoms. The van der Waals surface area contributed by atoms with E-state index in [2.05, 4.69) is 10.6 Å². The van der Waals surface area contributed by atoms with Gasteiger partial charge in [0, 0.05) is 4.88 Å². The molecule has 0 saturated carbocycles. The Bertz CT molecular complexity index is 490. The number of nitrogens with one attached hydrogen (secondary N) is 2. The molecule has 104 valence electrons. The van der Waals surface area contributed by atoms with Crippen molar-refractivity contribution in [3.63, 3.8) is 0 Å². The Kier molecular flexibility index (Phi) is 5.58. The fourth-order valence-corrected chi connectivity index (χ4v) is 2.23. The van der Waals surface area contributed by atoms with Gasteiger partial charge >= 0.3 is 18.0 Å². The maximum atomic E-state index is 11.4. The summed E-state index contributed by atoms with van der Waals surface area (Å²) in [6, 6.07) is 1.17. The number of hydrogen-bond donors (Lipinski definition) is 4. The van der Waals surface area contributed by atoms with Gasteiger partial charge in [-0.15, -0.1) is 11.3 Å². The highest BCUT2D eigenvalue weighted by Gasteiger charge is 2.22. The third-order valence-electron chi connectivity index (χ3n) is 2.03. The van der Waals surface area contributed by atoms with Gasteiger partial charge in [0.05, 0.1) is 17.3 Å². The molecule has 0 spiro atoms. The fourth-order valence-electron chi connectivity index (χ4n) is 1.20. The maximum Gasteiger partial charge on any atom is 0.326 e. The highest BCUT2D eigenvalue weighted by Crippen LogP contribution is 2.20. The van der Waals surface area contributed by atoms with Gasteiger partial charge in [-0.1, -0.05) is 11.6 Å². The number of carbonyl (C=O) groups excluding carboxylic acids is 1. The second-order valence-electron chi connectivity index (χ2n) is 3.52. The lowest BCUT2D eigenvalue weighted by molar-refractivity contribution is -0.145. The van der Waals surface area contributed by atoms with E-state index in [1.165, 1.54) is 11.3 Å². The number of rotatable bonds is 6. The van der Waals surface area contributed by atoms with Crippen LogP contribution in [0.25, 0.3) is 0 Å². The topological polar surface area (TPSA) is 116 Å². The van der Waals surface area contributed by atoms with Crippen LogP contribution in [0.15, 0.2) is 12.1 Å². The number of amides is 2. The number of halogens is 1. The van der Waals surface area contributed by atoms with Crippen molar-refractivity contribution >= 4 is 40.9 Å². The van der Waals surface area contributed by atoms with Crippen LogP contribution in [0.4, 0.5) is 4.79 Å². The lowest BCUT2D eigenvalue weighted by Crippen LogP contribution is -2.46. The van der Waals surface area contributed by atoms with Gasteiger partial charge in [-0.25, -0.2) is 9.59 Å². The van der Waals surface area contributed by atoms with Crippen LogP contribution < -0.4 is 10.6 Å². The monoisotopic (exact) mass is 306 g/mol. The highest BCUT2D eigenvalue weighted by molar-refractivity contribution is 7.16. The van der Waals surface area contributed by atoms with Crippen molar-refractivity contribution in [2.24, 2.45) is 0 Å². The van der Waals surface area contributed by atoms with Crippen molar-refractivity contribution in [2.45, 2.75) is 19.0 Å². The Hall–Kier alpha value is -1.80. The van der Waals surface area contributed by atoms with E-state index in [1.54, 1.807) is 12.1 Å². The summed E-state index contributed by atoms with van der Waals surface area (Å²) in [6.07, 6.45) is -0.687. The Morgan fingerprint density at radius 2 is 2.00 bits per heavy atom. The molecule has 1 atom stereocenters.